The molecular formula is C54H61N7O8S4Si. The van der Waals surface area contributed by atoms with Crippen molar-refractivity contribution in [3.8, 4) is 27.7 Å². The summed E-state index contributed by atoms with van der Waals surface area (Å²) in [5.74, 6) is -1.64. The summed E-state index contributed by atoms with van der Waals surface area (Å²) in [6, 6.07) is 29.4. The van der Waals surface area contributed by atoms with Crippen molar-refractivity contribution in [3.05, 3.63) is 154 Å². The van der Waals surface area contributed by atoms with Crippen molar-refractivity contribution in [2.24, 2.45) is 10.7 Å². The maximum Gasteiger partial charge on any atom is 0.408 e. The highest BCUT2D eigenvalue weighted by atomic mass is 32.2. The van der Waals surface area contributed by atoms with E-state index < -0.39 is 55.1 Å². The minimum Gasteiger partial charge on any atom is -0.506 e. The number of nitrogens with zero attached hydrogens (tertiary/aromatic N) is 4. The first-order valence-corrected chi connectivity index (χ1v) is 29.9. The summed E-state index contributed by atoms with van der Waals surface area (Å²) in [7, 11) is -1.14. The van der Waals surface area contributed by atoms with Gasteiger partial charge in [-0.1, -0.05) is 145 Å². The van der Waals surface area contributed by atoms with Crippen LogP contribution in [-0.2, 0) is 28.2 Å². The number of thioether (sulfide) groups is 2. The van der Waals surface area contributed by atoms with E-state index in [1.54, 1.807) is 22.5 Å². The molecule has 5 N–H and O–H groups in total. The van der Waals surface area contributed by atoms with Crippen molar-refractivity contribution in [2.75, 3.05) is 31.8 Å². The number of aromatic hydroxyl groups is 1. The Morgan fingerprint density at radius 3 is 1.99 bits per heavy atom. The van der Waals surface area contributed by atoms with Crippen LogP contribution in [0.3, 0.4) is 0 Å². The Balaban J connectivity index is 1.26. The maximum atomic E-state index is 13.9. The van der Waals surface area contributed by atoms with Crippen molar-refractivity contribution < 1.29 is 38.2 Å². The summed E-state index contributed by atoms with van der Waals surface area (Å²) in [6.07, 6.45) is 0.825. The Hall–Kier alpha value is -6.16. The number of thiazole rings is 2. The number of amides is 3. The SMILES string of the molecule is C=CCOC(=O)N[C@@H](CSC(c1ccccc1)(c1ccccc1)c1ccccc1)c1nc(-c2nc(C3=N[C@H](C(=O)N[C@@H](CO[Si](C(C)C)(C(C)C)C(C)C)C(N)=O)CS3)c(O)cc2-c2nc(C(=O)OC)cs2)cs1. The highest BCUT2D eigenvalue weighted by Gasteiger charge is 2.46. The quantitative estimate of drug-likeness (QED) is 0.0203. The molecule has 1 aliphatic heterocycles. The lowest BCUT2D eigenvalue weighted by Gasteiger charge is -2.42. The second-order valence-corrected chi connectivity index (χ2v) is 27.8. The Morgan fingerprint density at radius 2 is 1.45 bits per heavy atom. The summed E-state index contributed by atoms with van der Waals surface area (Å²) in [5.41, 5.74) is 10.8. The molecule has 7 rings (SSSR count). The van der Waals surface area contributed by atoms with Crippen LogP contribution in [-0.4, -0.2) is 101 Å². The first-order valence-electron chi connectivity index (χ1n) is 24.1. The lowest BCUT2D eigenvalue weighted by Crippen LogP contribution is -2.55. The zero-order chi connectivity index (χ0) is 53.2. The van der Waals surface area contributed by atoms with Crippen molar-refractivity contribution in [1.29, 1.82) is 0 Å². The normalized spacial score (nSPS) is 14.6. The first kappa shape index (κ1) is 55.6. The largest absolute Gasteiger partial charge is 0.506 e. The Morgan fingerprint density at radius 1 is 0.851 bits per heavy atom. The molecule has 3 atom stereocenters. The lowest BCUT2D eigenvalue weighted by molar-refractivity contribution is -0.128. The monoisotopic (exact) mass is 1090 g/mol. The molecule has 1 aliphatic rings. The molecule has 6 aromatic rings. The summed E-state index contributed by atoms with van der Waals surface area (Å²) in [6.45, 7) is 16.4. The number of aliphatic imine (C=N–C) groups is 1. The predicted molar refractivity (Wildman–Crippen MR) is 299 cm³/mol. The van der Waals surface area contributed by atoms with E-state index in [9.17, 15) is 24.3 Å². The fourth-order valence-electron chi connectivity index (χ4n) is 9.47. The van der Waals surface area contributed by atoms with Crippen LogP contribution in [0.15, 0.2) is 125 Å². The van der Waals surface area contributed by atoms with Crippen LogP contribution < -0.4 is 16.4 Å². The lowest BCUT2D eigenvalue weighted by atomic mass is 9.84. The number of hydrogen-bond donors (Lipinski definition) is 4. The minimum absolute atomic E-state index is 0.0107. The third kappa shape index (κ3) is 12.2. The molecule has 3 aromatic carbocycles. The molecular weight excluding hydrogens is 1030 g/mol. The smallest absolute Gasteiger partial charge is 0.408 e. The zero-order valence-electron chi connectivity index (χ0n) is 42.3. The van der Waals surface area contributed by atoms with Gasteiger partial charge in [-0.3, -0.25) is 14.6 Å². The summed E-state index contributed by atoms with van der Waals surface area (Å²) in [5, 5.41) is 22.1. The number of esters is 1. The van der Waals surface area contributed by atoms with E-state index in [0.29, 0.717) is 27.0 Å². The summed E-state index contributed by atoms with van der Waals surface area (Å²) in [4.78, 5) is 72.1. The Labute approximate surface area is 449 Å². The predicted octanol–water partition coefficient (Wildman–Crippen LogP) is 10.5. The number of primary amides is 1. The van der Waals surface area contributed by atoms with E-state index in [1.165, 1.54) is 42.4 Å². The van der Waals surface area contributed by atoms with Gasteiger partial charge in [0.2, 0.25) is 11.8 Å². The van der Waals surface area contributed by atoms with Gasteiger partial charge in [0.1, 0.15) is 56.6 Å². The van der Waals surface area contributed by atoms with E-state index in [-0.39, 0.29) is 63.5 Å². The van der Waals surface area contributed by atoms with Gasteiger partial charge in [-0.05, 0) is 39.4 Å². The molecule has 20 heteroatoms. The van der Waals surface area contributed by atoms with Gasteiger partial charge in [0.15, 0.2) is 14.0 Å². The number of carbonyl (C=O) groups excluding carboxylic acids is 4. The van der Waals surface area contributed by atoms with Crippen LogP contribution in [0.1, 0.15) is 85.5 Å². The molecule has 0 aliphatic carbocycles. The van der Waals surface area contributed by atoms with Crippen LogP contribution in [0, 0.1) is 0 Å². The molecule has 0 bridgehead atoms. The topological polar surface area (TPSA) is 217 Å². The maximum absolute atomic E-state index is 13.9. The molecule has 0 spiro atoms. The molecule has 0 fully saturated rings. The number of carbonyl (C=O) groups is 4. The number of nitrogens with one attached hydrogen (secondary N) is 2. The van der Waals surface area contributed by atoms with Crippen molar-refractivity contribution in [1.82, 2.24) is 25.6 Å². The number of alkyl carbamates (subject to hydrolysis) is 1. The van der Waals surface area contributed by atoms with E-state index in [0.717, 1.165) is 28.0 Å². The highest BCUT2D eigenvalue weighted by Crippen LogP contribution is 2.50. The molecule has 4 heterocycles. The van der Waals surface area contributed by atoms with Crippen LogP contribution in [0.5, 0.6) is 5.75 Å². The number of benzene rings is 3. The van der Waals surface area contributed by atoms with Gasteiger partial charge >= 0.3 is 12.1 Å². The number of nitrogens with two attached hydrogens (primary N) is 1. The van der Waals surface area contributed by atoms with Crippen LogP contribution in [0.25, 0.3) is 22.0 Å². The standard InChI is InChI=1S/C54H61N7O8S4Si/c1-9-25-68-53(66)60-42(31-73-54(35-19-13-10-14-20-35,36-21-15-11-16-22-36)37-23-17-12-18-24-37)50-57-40(28-71-50)45-38(49-59-43(30-70-49)52(65)67-8)26-44(62)46(61-45)51-58-41(29-72-51)48(64)56-39(47(55)63)27-69-74(32(2)3,33(4)5)34(6)7/h9-24,26,28,30,32-34,39,41-42,62H,1,25,27,29,31H2,2-8H3,(H2,55,63)(H,56,64)(H,60,66)/t39-,41-,42-/m0/s1. The van der Waals surface area contributed by atoms with E-state index in [1.807, 2.05) is 54.6 Å². The van der Waals surface area contributed by atoms with Crippen molar-refractivity contribution in [2.45, 2.75) is 81.0 Å². The summed E-state index contributed by atoms with van der Waals surface area (Å²) < 4.78 is 16.3. The first-order chi connectivity index (χ1) is 35.5. The number of ether oxygens (including phenoxy) is 2. The van der Waals surface area contributed by atoms with Gasteiger partial charge in [-0.15, -0.1) is 46.2 Å². The van der Waals surface area contributed by atoms with Gasteiger partial charge in [-0.25, -0.2) is 24.5 Å². The molecule has 74 heavy (non-hydrogen) atoms. The Bertz CT molecular complexity index is 2840. The minimum atomic E-state index is -2.40. The molecule has 15 nitrogen and oxygen atoms in total. The number of pyridine rings is 1. The number of hydrogen-bond acceptors (Lipinski definition) is 16. The second kappa shape index (κ2) is 24.9. The molecule has 0 saturated carbocycles. The fraction of sp³-hybridized carbons (Fsp3) is 0.333. The van der Waals surface area contributed by atoms with Gasteiger partial charge in [0.25, 0.3) is 0 Å². The second-order valence-electron chi connectivity index (χ2n) is 18.4. The molecule has 0 radical (unpaired) electrons. The van der Waals surface area contributed by atoms with Crippen LogP contribution >= 0.6 is 46.2 Å². The Kier molecular flexibility index (Phi) is 18.7. The van der Waals surface area contributed by atoms with Crippen molar-refractivity contribution >= 4 is 83.4 Å². The molecule has 0 unspecified atom stereocenters. The van der Waals surface area contributed by atoms with Gasteiger partial charge in [0.05, 0.1) is 24.5 Å². The third-order valence-corrected chi connectivity index (χ3v) is 23.5. The molecule has 3 amide bonds. The highest BCUT2D eigenvalue weighted by molar-refractivity contribution is 8.14. The van der Waals surface area contributed by atoms with Gasteiger partial charge in [0, 0.05) is 27.8 Å². The van der Waals surface area contributed by atoms with Gasteiger partial charge in [-0.2, -0.15) is 0 Å². The number of aromatic nitrogens is 3. The average molecular weight is 1090 g/mol. The van der Waals surface area contributed by atoms with Gasteiger partial charge < -0.3 is 35.4 Å². The zero-order valence-corrected chi connectivity index (χ0v) is 46.5. The van der Waals surface area contributed by atoms with E-state index in [2.05, 4.69) is 100 Å². The van der Waals surface area contributed by atoms with Crippen LogP contribution in [0.2, 0.25) is 16.6 Å². The third-order valence-electron chi connectivity index (χ3n) is 12.8. The number of rotatable bonds is 23. The van der Waals surface area contributed by atoms with Crippen molar-refractivity contribution in [3.63, 3.8) is 0 Å². The van der Waals surface area contributed by atoms with E-state index >= 15 is 0 Å². The van der Waals surface area contributed by atoms with E-state index in [4.69, 9.17) is 34.6 Å². The summed E-state index contributed by atoms with van der Waals surface area (Å²) >= 11 is 5.30. The average Bonchev–Trinajstić information content (AvgIpc) is 4.21. The molecule has 3 aromatic heterocycles. The fourth-order valence-corrected chi connectivity index (χ4v) is 19.3. The number of methoxy groups -OCH3 is 1. The van der Waals surface area contributed by atoms with Crippen LogP contribution in [0.4, 0.5) is 4.79 Å². The molecule has 0 saturated heterocycles. The molecule has 388 valence electrons.